The molecule has 2 nitrogen and oxygen atoms in total. The van der Waals surface area contributed by atoms with Crippen LogP contribution in [0.2, 0.25) is 10.0 Å². The molecule has 1 N–H and O–H groups in total. The highest BCUT2D eigenvalue weighted by molar-refractivity contribution is 7.99. The van der Waals surface area contributed by atoms with Gasteiger partial charge in [-0.15, -0.1) is 11.8 Å². The van der Waals surface area contributed by atoms with E-state index in [0.29, 0.717) is 21.5 Å². The van der Waals surface area contributed by atoms with Gasteiger partial charge in [-0.05, 0) is 37.6 Å². The van der Waals surface area contributed by atoms with E-state index in [4.69, 9.17) is 23.2 Å². The highest BCUT2D eigenvalue weighted by atomic mass is 35.5. The Balaban J connectivity index is 1.85. The van der Waals surface area contributed by atoms with Gasteiger partial charge in [-0.25, -0.2) is 0 Å². The van der Waals surface area contributed by atoms with Gasteiger partial charge in [-0.2, -0.15) is 0 Å². The van der Waals surface area contributed by atoms with Crippen molar-refractivity contribution in [1.29, 1.82) is 0 Å². The van der Waals surface area contributed by atoms with Crippen LogP contribution in [0.1, 0.15) is 16.7 Å². The number of nitrogens with one attached hydrogen (secondary N) is 1. The predicted octanol–water partition coefficient (Wildman–Crippen LogP) is 5.48. The van der Waals surface area contributed by atoms with Gasteiger partial charge < -0.3 is 5.32 Å². The number of hydrogen-bond donors (Lipinski definition) is 1. The normalized spacial score (nSPS) is 10.5. The Morgan fingerprint density at radius 1 is 1.00 bits per heavy atom. The second-order valence-electron chi connectivity index (χ2n) is 5.20. The molecular weight excluding hydrogens is 337 g/mol. The third kappa shape index (κ3) is 5.56. The summed E-state index contributed by atoms with van der Waals surface area (Å²) in [6.07, 6.45) is 0. The van der Waals surface area contributed by atoms with Gasteiger partial charge in [0.25, 0.3) is 0 Å². The number of hydrogen-bond acceptors (Lipinski definition) is 2. The highest BCUT2D eigenvalue weighted by Crippen LogP contribution is 2.23. The van der Waals surface area contributed by atoms with E-state index in [1.807, 2.05) is 0 Å². The molecule has 0 saturated heterocycles. The first-order valence-electron chi connectivity index (χ1n) is 6.83. The van der Waals surface area contributed by atoms with Crippen LogP contribution in [0.25, 0.3) is 0 Å². The monoisotopic (exact) mass is 353 g/mol. The molecule has 116 valence electrons. The molecule has 0 bridgehead atoms. The Kier molecular flexibility index (Phi) is 6.18. The summed E-state index contributed by atoms with van der Waals surface area (Å²) in [6, 6.07) is 11.4. The fourth-order valence-electron chi connectivity index (χ4n) is 2.24. The van der Waals surface area contributed by atoms with Crippen molar-refractivity contribution in [1.82, 2.24) is 0 Å². The molecule has 0 aliphatic heterocycles. The average Bonchev–Trinajstić information content (AvgIpc) is 2.35. The molecule has 0 aliphatic carbocycles. The minimum absolute atomic E-state index is 0.0623. The SMILES string of the molecule is Cc1cc(C)cc(CSCC(=O)Nc2cc(Cl)cc(Cl)c2)c1. The van der Waals surface area contributed by atoms with Crippen molar-refractivity contribution in [2.45, 2.75) is 19.6 Å². The number of carbonyl (C=O) groups excluding carboxylic acids is 1. The van der Waals surface area contributed by atoms with Gasteiger partial charge in [0.2, 0.25) is 5.91 Å². The zero-order valence-electron chi connectivity index (χ0n) is 12.5. The number of aryl methyl sites for hydroxylation is 2. The number of rotatable bonds is 5. The molecule has 1 amide bonds. The van der Waals surface area contributed by atoms with E-state index < -0.39 is 0 Å². The summed E-state index contributed by atoms with van der Waals surface area (Å²) in [5, 5.41) is 3.81. The molecule has 0 atom stereocenters. The Labute approximate surface area is 145 Å². The van der Waals surface area contributed by atoms with E-state index in [0.717, 1.165) is 5.75 Å². The molecule has 2 aromatic carbocycles. The first-order chi connectivity index (χ1) is 10.4. The third-order valence-corrected chi connectivity index (χ3v) is 4.37. The molecule has 5 heteroatoms. The van der Waals surface area contributed by atoms with Crippen molar-refractivity contribution < 1.29 is 4.79 Å². The lowest BCUT2D eigenvalue weighted by molar-refractivity contribution is -0.113. The Morgan fingerprint density at radius 2 is 1.59 bits per heavy atom. The summed E-state index contributed by atoms with van der Waals surface area (Å²) in [6.45, 7) is 4.16. The predicted molar refractivity (Wildman–Crippen MR) is 97.2 cm³/mol. The molecule has 0 spiro atoms. The molecule has 0 unspecified atom stereocenters. The molecular formula is C17H17Cl2NOS. The van der Waals surface area contributed by atoms with Crippen LogP contribution in [0, 0.1) is 13.8 Å². The topological polar surface area (TPSA) is 29.1 Å². The van der Waals surface area contributed by atoms with Crippen molar-refractivity contribution in [3.8, 4) is 0 Å². The highest BCUT2D eigenvalue weighted by Gasteiger charge is 2.05. The lowest BCUT2D eigenvalue weighted by Gasteiger charge is -2.07. The van der Waals surface area contributed by atoms with Crippen molar-refractivity contribution in [3.63, 3.8) is 0 Å². The maximum absolute atomic E-state index is 11.9. The molecule has 0 fully saturated rings. The zero-order chi connectivity index (χ0) is 16.1. The first-order valence-corrected chi connectivity index (χ1v) is 8.74. The summed E-state index contributed by atoms with van der Waals surface area (Å²) >= 11 is 13.4. The first kappa shape index (κ1) is 17.2. The van der Waals surface area contributed by atoms with Crippen LogP contribution in [-0.4, -0.2) is 11.7 Å². The molecule has 0 aromatic heterocycles. The summed E-state index contributed by atoms with van der Waals surface area (Å²) in [4.78, 5) is 11.9. The lowest BCUT2D eigenvalue weighted by Crippen LogP contribution is -2.14. The smallest absolute Gasteiger partial charge is 0.234 e. The molecule has 0 aliphatic rings. The van der Waals surface area contributed by atoms with Gasteiger partial charge in [-0.1, -0.05) is 52.5 Å². The molecule has 0 radical (unpaired) electrons. The number of amides is 1. The van der Waals surface area contributed by atoms with Gasteiger partial charge in [0.1, 0.15) is 0 Å². The molecule has 0 heterocycles. The van der Waals surface area contributed by atoms with Crippen molar-refractivity contribution in [2.24, 2.45) is 0 Å². The van der Waals surface area contributed by atoms with Crippen molar-refractivity contribution in [3.05, 3.63) is 63.1 Å². The van der Waals surface area contributed by atoms with Gasteiger partial charge >= 0.3 is 0 Å². The van der Waals surface area contributed by atoms with E-state index in [9.17, 15) is 4.79 Å². The van der Waals surface area contributed by atoms with Gasteiger partial charge in [-0.3, -0.25) is 4.79 Å². The average molecular weight is 354 g/mol. The van der Waals surface area contributed by atoms with E-state index in [1.165, 1.54) is 16.7 Å². The van der Waals surface area contributed by atoms with Gasteiger partial charge in [0.15, 0.2) is 0 Å². The Hall–Kier alpha value is -1.16. The number of benzene rings is 2. The maximum atomic E-state index is 11.9. The van der Waals surface area contributed by atoms with Crippen LogP contribution in [-0.2, 0) is 10.5 Å². The minimum atomic E-state index is -0.0623. The van der Waals surface area contributed by atoms with Crippen LogP contribution >= 0.6 is 35.0 Å². The minimum Gasteiger partial charge on any atom is -0.325 e. The number of thioether (sulfide) groups is 1. The van der Waals surface area contributed by atoms with Crippen molar-refractivity contribution in [2.75, 3.05) is 11.1 Å². The maximum Gasteiger partial charge on any atom is 0.234 e. The van der Waals surface area contributed by atoms with E-state index >= 15 is 0 Å². The quantitative estimate of drug-likeness (QED) is 0.770. The van der Waals surface area contributed by atoms with Gasteiger partial charge in [0, 0.05) is 21.5 Å². The van der Waals surface area contributed by atoms with Crippen molar-refractivity contribution >= 4 is 46.6 Å². The Morgan fingerprint density at radius 3 is 2.18 bits per heavy atom. The van der Waals surface area contributed by atoms with Crippen LogP contribution < -0.4 is 5.32 Å². The second kappa shape index (κ2) is 7.91. The number of anilines is 1. The van der Waals surface area contributed by atoms with Crippen LogP contribution in [0.4, 0.5) is 5.69 Å². The van der Waals surface area contributed by atoms with Gasteiger partial charge in [0.05, 0.1) is 5.75 Å². The van der Waals surface area contributed by atoms with E-state index in [2.05, 4.69) is 37.4 Å². The fourth-order valence-corrected chi connectivity index (χ4v) is 3.53. The largest absolute Gasteiger partial charge is 0.325 e. The van der Waals surface area contributed by atoms with Crippen LogP contribution in [0.3, 0.4) is 0 Å². The fraction of sp³-hybridized carbons (Fsp3) is 0.235. The zero-order valence-corrected chi connectivity index (χ0v) is 14.8. The van der Waals surface area contributed by atoms with Crippen LogP contribution in [0.15, 0.2) is 36.4 Å². The van der Waals surface area contributed by atoms with E-state index in [-0.39, 0.29) is 5.91 Å². The van der Waals surface area contributed by atoms with Crippen LogP contribution in [0.5, 0.6) is 0 Å². The second-order valence-corrected chi connectivity index (χ2v) is 7.05. The molecule has 0 saturated carbocycles. The number of halogens is 2. The molecule has 2 aromatic rings. The standard InChI is InChI=1S/C17H17Cl2NOS/c1-11-3-12(2)5-13(4-11)9-22-10-17(21)20-16-7-14(18)6-15(19)8-16/h3-8H,9-10H2,1-2H3,(H,20,21). The Bertz CT molecular complexity index is 648. The summed E-state index contributed by atoms with van der Waals surface area (Å²) in [7, 11) is 0. The summed E-state index contributed by atoms with van der Waals surface area (Å²) < 4.78 is 0. The molecule has 2 rings (SSSR count). The molecule has 22 heavy (non-hydrogen) atoms. The third-order valence-electron chi connectivity index (χ3n) is 2.93. The number of carbonyl (C=O) groups is 1. The summed E-state index contributed by atoms with van der Waals surface area (Å²) in [5.74, 6) is 1.14. The summed E-state index contributed by atoms with van der Waals surface area (Å²) in [5.41, 5.74) is 4.35. The lowest BCUT2D eigenvalue weighted by atomic mass is 10.1. The van der Waals surface area contributed by atoms with E-state index in [1.54, 1.807) is 30.0 Å².